The predicted molar refractivity (Wildman–Crippen MR) is 96.7 cm³/mol. The molecule has 0 unspecified atom stereocenters. The number of ether oxygens (including phenoxy) is 2. The number of carbonyl (C=O) groups excluding carboxylic acids is 1. The zero-order chi connectivity index (χ0) is 17.5. The summed E-state index contributed by atoms with van der Waals surface area (Å²) in [7, 11) is 7.17. The molecular formula is C20H23NO3. The summed E-state index contributed by atoms with van der Waals surface area (Å²) >= 11 is 0. The van der Waals surface area contributed by atoms with Crippen LogP contribution in [0.1, 0.15) is 21.5 Å². The van der Waals surface area contributed by atoms with Crippen molar-refractivity contribution in [2.75, 3.05) is 28.3 Å². The zero-order valence-electron chi connectivity index (χ0n) is 14.6. The van der Waals surface area contributed by atoms with E-state index in [1.54, 1.807) is 38.5 Å². The zero-order valence-corrected chi connectivity index (χ0v) is 14.6. The molecule has 0 heterocycles. The average molecular weight is 325 g/mol. The first-order valence-corrected chi connectivity index (χ1v) is 7.72. The minimum atomic E-state index is -0.103. The molecule has 0 aromatic heterocycles. The number of rotatable bonds is 7. The Morgan fingerprint density at radius 2 is 1.83 bits per heavy atom. The summed E-state index contributed by atoms with van der Waals surface area (Å²) < 4.78 is 10.5. The molecule has 0 radical (unpaired) electrons. The number of nitrogens with zero attached hydrogens (tertiary/aromatic N) is 1. The highest BCUT2D eigenvalue weighted by molar-refractivity contribution is 6.08. The van der Waals surface area contributed by atoms with Gasteiger partial charge in [0.25, 0.3) is 0 Å². The third-order valence-corrected chi connectivity index (χ3v) is 3.63. The first-order valence-electron chi connectivity index (χ1n) is 7.72. The van der Waals surface area contributed by atoms with Crippen molar-refractivity contribution in [2.24, 2.45) is 0 Å². The molecule has 2 rings (SSSR count). The van der Waals surface area contributed by atoms with Crippen LogP contribution >= 0.6 is 0 Å². The van der Waals surface area contributed by atoms with E-state index in [4.69, 9.17) is 9.47 Å². The van der Waals surface area contributed by atoms with Crippen molar-refractivity contribution >= 4 is 11.9 Å². The highest BCUT2D eigenvalue weighted by Gasteiger charge is 2.11. The fourth-order valence-corrected chi connectivity index (χ4v) is 2.44. The number of benzene rings is 2. The van der Waals surface area contributed by atoms with Crippen LogP contribution in [-0.4, -0.2) is 39.0 Å². The SMILES string of the molecule is COc1ccc(C(=O)C=Cc2ccccc2CN(C)C)c(OC)c1. The second-order valence-electron chi connectivity index (χ2n) is 5.70. The van der Waals surface area contributed by atoms with Crippen LogP contribution in [0, 0.1) is 0 Å². The van der Waals surface area contributed by atoms with Gasteiger partial charge in [-0.15, -0.1) is 0 Å². The normalized spacial score (nSPS) is 11.0. The van der Waals surface area contributed by atoms with Gasteiger partial charge in [0, 0.05) is 12.6 Å². The summed E-state index contributed by atoms with van der Waals surface area (Å²) in [6, 6.07) is 13.2. The minimum absolute atomic E-state index is 0.103. The number of methoxy groups -OCH3 is 2. The summed E-state index contributed by atoms with van der Waals surface area (Å²) in [5.41, 5.74) is 2.72. The topological polar surface area (TPSA) is 38.8 Å². The van der Waals surface area contributed by atoms with Crippen molar-refractivity contribution in [3.8, 4) is 11.5 Å². The molecule has 0 saturated carbocycles. The molecule has 0 N–H and O–H groups in total. The van der Waals surface area contributed by atoms with Crippen LogP contribution in [0.25, 0.3) is 6.08 Å². The average Bonchev–Trinajstić information content (AvgIpc) is 2.59. The summed E-state index contributed by atoms with van der Waals surface area (Å²) in [6.07, 6.45) is 3.43. The molecule has 24 heavy (non-hydrogen) atoms. The Labute approximate surface area is 143 Å². The first-order chi connectivity index (χ1) is 11.5. The van der Waals surface area contributed by atoms with Gasteiger partial charge in [-0.1, -0.05) is 30.3 Å². The second-order valence-corrected chi connectivity index (χ2v) is 5.70. The number of hydrogen-bond acceptors (Lipinski definition) is 4. The van der Waals surface area contributed by atoms with Crippen LogP contribution < -0.4 is 9.47 Å². The van der Waals surface area contributed by atoms with E-state index >= 15 is 0 Å². The molecule has 126 valence electrons. The summed E-state index contributed by atoms with van der Waals surface area (Å²) in [5.74, 6) is 1.06. The summed E-state index contributed by atoms with van der Waals surface area (Å²) in [6.45, 7) is 0.820. The Morgan fingerprint density at radius 3 is 2.50 bits per heavy atom. The third-order valence-electron chi connectivity index (χ3n) is 3.63. The maximum absolute atomic E-state index is 12.5. The van der Waals surface area contributed by atoms with Crippen LogP contribution in [0.2, 0.25) is 0 Å². The Morgan fingerprint density at radius 1 is 1.08 bits per heavy atom. The van der Waals surface area contributed by atoms with Crippen LogP contribution in [-0.2, 0) is 6.54 Å². The van der Waals surface area contributed by atoms with Crippen LogP contribution in [0.5, 0.6) is 11.5 Å². The van der Waals surface area contributed by atoms with E-state index in [1.165, 1.54) is 5.56 Å². The van der Waals surface area contributed by atoms with Crippen molar-refractivity contribution in [3.63, 3.8) is 0 Å². The van der Waals surface area contributed by atoms with E-state index in [0.29, 0.717) is 17.1 Å². The van der Waals surface area contributed by atoms with Gasteiger partial charge in [-0.25, -0.2) is 0 Å². The van der Waals surface area contributed by atoms with Gasteiger partial charge in [-0.05, 0) is 43.4 Å². The van der Waals surface area contributed by atoms with Crippen molar-refractivity contribution in [1.29, 1.82) is 0 Å². The second kappa shape index (κ2) is 8.31. The van der Waals surface area contributed by atoms with Crippen LogP contribution in [0.4, 0.5) is 0 Å². The lowest BCUT2D eigenvalue weighted by molar-refractivity contribution is 0.104. The van der Waals surface area contributed by atoms with E-state index in [1.807, 2.05) is 38.4 Å². The smallest absolute Gasteiger partial charge is 0.189 e. The fourth-order valence-electron chi connectivity index (χ4n) is 2.44. The lowest BCUT2D eigenvalue weighted by Crippen LogP contribution is -2.11. The molecular weight excluding hydrogens is 302 g/mol. The number of ketones is 1. The lowest BCUT2D eigenvalue weighted by Gasteiger charge is -2.12. The standard InChI is InChI=1S/C20H23NO3/c1-21(2)14-16-8-6-5-7-15(16)9-12-19(22)18-11-10-17(23-3)13-20(18)24-4/h5-13H,14H2,1-4H3. The third kappa shape index (κ3) is 4.46. The maximum Gasteiger partial charge on any atom is 0.189 e. The van der Waals surface area contributed by atoms with E-state index < -0.39 is 0 Å². The van der Waals surface area contributed by atoms with E-state index in [-0.39, 0.29) is 5.78 Å². The highest BCUT2D eigenvalue weighted by Crippen LogP contribution is 2.25. The summed E-state index contributed by atoms with van der Waals surface area (Å²) in [5, 5.41) is 0. The van der Waals surface area contributed by atoms with Crippen molar-refractivity contribution in [3.05, 3.63) is 65.2 Å². The molecule has 4 nitrogen and oxygen atoms in total. The van der Waals surface area contributed by atoms with Crippen molar-refractivity contribution < 1.29 is 14.3 Å². The Kier molecular flexibility index (Phi) is 6.15. The minimum Gasteiger partial charge on any atom is -0.497 e. The van der Waals surface area contributed by atoms with Gasteiger partial charge in [0.2, 0.25) is 0 Å². The van der Waals surface area contributed by atoms with Gasteiger partial charge in [0.05, 0.1) is 19.8 Å². The largest absolute Gasteiger partial charge is 0.497 e. The van der Waals surface area contributed by atoms with E-state index in [9.17, 15) is 4.79 Å². The maximum atomic E-state index is 12.5. The molecule has 0 aliphatic carbocycles. The van der Waals surface area contributed by atoms with E-state index in [2.05, 4.69) is 11.0 Å². The molecule has 2 aromatic carbocycles. The molecule has 0 spiro atoms. The van der Waals surface area contributed by atoms with Gasteiger partial charge in [-0.3, -0.25) is 4.79 Å². The van der Waals surface area contributed by atoms with E-state index in [0.717, 1.165) is 12.1 Å². The molecule has 2 aromatic rings. The predicted octanol–water partition coefficient (Wildman–Crippen LogP) is 3.66. The van der Waals surface area contributed by atoms with Crippen LogP contribution in [0.3, 0.4) is 0 Å². The van der Waals surface area contributed by atoms with Gasteiger partial charge in [0.1, 0.15) is 11.5 Å². The molecule has 0 saturated heterocycles. The molecule has 0 aliphatic heterocycles. The molecule has 0 atom stereocenters. The molecule has 4 heteroatoms. The number of allylic oxidation sites excluding steroid dienone is 1. The van der Waals surface area contributed by atoms with Gasteiger partial charge in [0.15, 0.2) is 5.78 Å². The Balaban J connectivity index is 2.25. The molecule has 0 fully saturated rings. The fraction of sp³-hybridized carbons (Fsp3) is 0.250. The first kappa shape index (κ1) is 17.8. The Bertz CT molecular complexity index is 735. The monoisotopic (exact) mass is 325 g/mol. The highest BCUT2D eigenvalue weighted by atomic mass is 16.5. The number of carbonyl (C=O) groups is 1. The lowest BCUT2D eigenvalue weighted by atomic mass is 10.0. The van der Waals surface area contributed by atoms with Crippen LogP contribution in [0.15, 0.2) is 48.5 Å². The molecule has 0 bridgehead atoms. The number of hydrogen-bond donors (Lipinski definition) is 0. The van der Waals surface area contributed by atoms with Gasteiger partial charge < -0.3 is 14.4 Å². The quantitative estimate of drug-likeness (QED) is 0.575. The van der Waals surface area contributed by atoms with Gasteiger partial charge in [-0.2, -0.15) is 0 Å². The van der Waals surface area contributed by atoms with Crippen molar-refractivity contribution in [2.45, 2.75) is 6.54 Å². The van der Waals surface area contributed by atoms with Crippen molar-refractivity contribution in [1.82, 2.24) is 4.90 Å². The molecule has 0 amide bonds. The summed E-state index contributed by atoms with van der Waals surface area (Å²) in [4.78, 5) is 14.6. The molecule has 0 aliphatic rings. The Hall–Kier alpha value is -2.59. The van der Waals surface area contributed by atoms with Gasteiger partial charge >= 0.3 is 0 Å².